The number of hydrogen-bond donors (Lipinski definition) is 8. The van der Waals surface area contributed by atoms with E-state index in [9.17, 15) is 40.5 Å². The summed E-state index contributed by atoms with van der Waals surface area (Å²) < 4.78 is 11.0. The minimum Gasteiger partial charge on any atom is -0.394 e. The largest absolute Gasteiger partial charge is 0.394 e. The molecule has 0 aromatic heterocycles. The third kappa shape index (κ3) is 20.7. The van der Waals surface area contributed by atoms with Crippen molar-refractivity contribution in [3.8, 4) is 0 Å². The van der Waals surface area contributed by atoms with E-state index >= 15 is 0 Å². The number of hydrogen-bond acceptors (Lipinski definition) is 10. The van der Waals surface area contributed by atoms with Gasteiger partial charge >= 0.3 is 0 Å². The number of aliphatic hydroxyl groups is 7. The highest BCUT2D eigenvalue weighted by Gasteiger charge is 2.44. The SMILES string of the molecule is CCCCCCCCCCCCCCCCCC(O)C(=O)NC(COC1OC(CO)C(O)C(O)C1O)C(O)C(O)CCCCCCCCC. The molecule has 0 spiro atoms. The Morgan fingerprint density at radius 1 is 0.633 bits per heavy atom. The van der Waals surface area contributed by atoms with Crippen LogP contribution >= 0.6 is 0 Å². The lowest BCUT2D eigenvalue weighted by atomic mass is 9.98. The predicted molar refractivity (Wildman–Crippen MR) is 192 cm³/mol. The Morgan fingerprint density at radius 3 is 1.51 bits per heavy atom. The van der Waals surface area contributed by atoms with Crippen LogP contribution in [0.25, 0.3) is 0 Å². The molecular formula is C38H75NO10. The van der Waals surface area contributed by atoms with Crippen molar-refractivity contribution in [3.63, 3.8) is 0 Å². The topological polar surface area (TPSA) is 189 Å². The van der Waals surface area contributed by atoms with Gasteiger partial charge in [-0.05, 0) is 12.8 Å². The van der Waals surface area contributed by atoms with Crippen LogP contribution in [0.5, 0.6) is 0 Å². The number of nitrogens with one attached hydrogen (secondary N) is 1. The number of rotatable bonds is 32. The first-order valence-corrected chi connectivity index (χ1v) is 19.9. The van der Waals surface area contributed by atoms with Gasteiger partial charge in [-0.2, -0.15) is 0 Å². The second kappa shape index (κ2) is 29.7. The highest BCUT2D eigenvalue weighted by atomic mass is 16.7. The fraction of sp³-hybridized carbons (Fsp3) is 0.974. The van der Waals surface area contributed by atoms with Crippen molar-refractivity contribution in [3.05, 3.63) is 0 Å². The Hall–Kier alpha value is -0.890. The number of carbonyl (C=O) groups is 1. The van der Waals surface area contributed by atoms with Crippen LogP contribution in [0.2, 0.25) is 0 Å². The molecule has 1 heterocycles. The summed E-state index contributed by atoms with van der Waals surface area (Å²) in [6.45, 7) is 3.36. The smallest absolute Gasteiger partial charge is 0.249 e. The van der Waals surface area contributed by atoms with E-state index in [4.69, 9.17) is 9.47 Å². The zero-order valence-electron chi connectivity index (χ0n) is 30.9. The van der Waals surface area contributed by atoms with Crippen molar-refractivity contribution in [1.29, 1.82) is 0 Å². The first kappa shape index (κ1) is 46.1. The van der Waals surface area contributed by atoms with Crippen molar-refractivity contribution >= 4 is 5.91 Å². The quantitative estimate of drug-likeness (QED) is 0.0453. The molecule has 11 nitrogen and oxygen atoms in total. The van der Waals surface area contributed by atoms with Gasteiger partial charge in [0.1, 0.15) is 36.6 Å². The van der Waals surface area contributed by atoms with Gasteiger partial charge in [-0.15, -0.1) is 0 Å². The van der Waals surface area contributed by atoms with Gasteiger partial charge in [0.2, 0.25) is 5.91 Å². The third-order valence-corrected chi connectivity index (χ3v) is 9.91. The van der Waals surface area contributed by atoms with E-state index in [2.05, 4.69) is 19.2 Å². The minimum absolute atomic E-state index is 0.265. The molecule has 9 unspecified atom stereocenters. The van der Waals surface area contributed by atoms with Gasteiger partial charge < -0.3 is 50.5 Å². The molecule has 0 saturated carbocycles. The fourth-order valence-electron chi connectivity index (χ4n) is 6.50. The normalized spacial score (nSPS) is 23.7. The molecule has 1 saturated heterocycles. The lowest BCUT2D eigenvalue weighted by Gasteiger charge is -2.40. The van der Waals surface area contributed by atoms with E-state index in [1.54, 1.807) is 0 Å². The predicted octanol–water partition coefficient (Wildman–Crippen LogP) is 4.77. The molecule has 49 heavy (non-hydrogen) atoms. The third-order valence-electron chi connectivity index (χ3n) is 9.91. The molecule has 292 valence electrons. The monoisotopic (exact) mass is 706 g/mol. The molecule has 1 fully saturated rings. The molecule has 0 bridgehead atoms. The number of carbonyl (C=O) groups excluding carboxylic acids is 1. The summed E-state index contributed by atoms with van der Waals surface area (Å²) in [6.07, 6.45) is 14.7. The summed E-state index contributed by atoms with van der Waals surface area (Å²) in [5, 5.41) is 75.0. The Kier molecular flexibility index (Phi) is 27.9. The zero-order valence-corrected chi connectivity index (χ0v) is 30.9. The minimum atomic E-state index is -1.65. The highest BCUT2D eigenvalue weighted by Crippen LogP contribution is 2.23. The van der Waals surface area contributed by atoms with Crippen molar-refractivity contribution < 1.29 is 50.0 Å². The van der Waals surface area contributed by atoms with Crippen molar-refractivity contribution in [2.75, 3.05) is 13.2 Å². The van der Waals surface area contributed by atoms with Crippen LogP contribution < -0.4 is 5.32 Å². The Bertz CT molecular complexity index is 775. The molecule has 0 aromatic rings. The van der Waals surface area contributed by atoms with Gasteiger partial charge in [0.05, 0.1) is 25.4 Å². The van der Waals surface area contributed by atoms with Gasteiger partial charge in [0.15, 0.2) is 6.29 Å². The molecular weight excluding hydrogens is 630 g/mol. The average molecular weight is 706 g/mol. The van der Waals surface area contributed by atoms with Crippen LogP contribution in [0.4, 0.5) is 0 Å². The van der Waals surface area contributed by atoms with Crippen molar-refractivity contribution in [2.24, 2.45) is 0 Å². The molecule has 1 aliphatic heterocycles. The van der Waals surface area contributed by atoms with E-state index in [1.165, 1.54) is 83.5 Å². The lowest BCUT2D eigenvalue weighted by Crippen LogP contribution is -2.60. The van der Waals surface area contributed by atoms with E-state index in [0.717, 1.165) is 44.9 Å². The van der Waals surface area contributed by atoms with Gasteiger partial charge in [-0.1, -0.05) is 155 Å². The highest BCUT2D eigenvalue weighted by molar-refractivity contribution is 5.80. The molecule has 0 aromatic carbocycles. The van der Waals surface area contributed by atoms with Crippen molar-refractivity contribution in [2.45, 2.75) is 223 Å². The maximum Gasteiger partial charge on any atom is 0.249 e. The summed E-state index contributed by atoms with van der Waals surface area (Å²) >= 11 is 0. The van der Waals surface area contributed by atoms with Gasteiger partial charge in [0, 0.05) is 0 Å². The molecule has 1 aliphatic rings. The summed E-state index contributed by atoms with van der Waals surface area (Å²) in [5.74, 6) is -0.699. The maximum absolute atomic E-state index is 13.0. The van der Waals surface area contributed by atoms with E-state index in [-0.39, 0.29) is 6.42 Å². The number of unbranched alkanes of at least 4 members (excludes halogenated alkanes) is 20. The number of ether oxygens (including phenoxy) is 2. The molecule has 0 aliphatic carbocycles. The van der Waals surface area contributed by atoms with Gasteiger partial charge in [0.25, 0.3) is 0 Å². The molecule has 11 heteroatoms. The first-order valence-electron chi connectivity index (χ1n) is 19.9. The molecule has 1 rings (SSSR count). The lowest BCUT2D eigenvalue weighted by molar-refractivity contribution is -0.303. The fourth-order valence-corrected chi connectivity index (χ4v) is 6.50. The van der Waals surface area contributed by atoms with Crippen LogP contribution in [0, 0.1) is 0 Å². The summed E-state index contributed by atoms with van der Waals surface area (Å²) in [6, 6.07) is -1.16. The summed E-state index contributed by atoms with van der Waals surface area (Å²) in [5.41, 5.74) is 0. The van der Waals surface area contributed by atoms with Crippen molar-refractivity contribution in [1.82, 2.24) is 5.32 Å². The van der Waals surface area contributed by atoms with Crippen LogP contribution in [0.1, 0.15) is 168 Å². The average Bonchev–Trinajstić information content (AvgIpc) is 3.10. The zero-order chi connectivity index (χ0) is 36.3. The van der Waals surface area contributed by atoms with E-state index < -0.39 is 74.2 Å². The van der Waals surface area contributed by atoms with Crippen LogP contribution in [-0.2, 0) is 14.3 Å². The van der Waals surface area contributed by atoms with Crippen LogP contribution in [-0.4, -0.2) is 110 Å². The first-order chi connectivity index (χ1) is 23.7. The number of aliphatic hydroxyl groups excluding tert-OH is 7. The second-order valence-electron chi connectivity index (χ2n) is 14.4. The van der Waals surface area contributed by atoms with E-state index in [1.807, 2.05) is 0 Å². The standard InChI is InChI=1S/C38H75NO10/c1-3-5-7-9-11-12-13-14-15-16-17-18-20-22-24-26-31(42)37(47)39-29(33(43)30(41)25-23-21-19-10-8-6-4-2)28-48-38-36(46)35(45)34(44)32(27-40)49-38/h29-36,38,40-46H,3-28H2,1-2H3,(H,39,47). The Labute approximate surface area is 297 Å². The Morgan fingerprint density at radius 2 is 1.06 bits per heavy atom. The molecule has 0 radical (unpaired) electrons. The van der Waals surface area contributed by atoms with E-state index in [0.29, 0.717) is 19.3 Å². The maximum atomic E-state index is 13.0. The second-order valence-corrected chi connectivity index (χ2v) is 14.4. The summed E-state index contributed by atoms with van der Waals surface area (Å²) in [4.78, 5) is 13.0. The van der Waals surface area contributed by atoms with Crippen LogP contribution in [0.3, 0.4) is 0 Å². The molecule has 8 N–H and O–H groups in total. The number of amides is 1. The molecule has 1 amide bonds. The van der Waals surface area contributed by atoms with Crippen LogP contribution in [0.15, 0.2) is 0 Å². The van der Waals surface area contributed by atoms with Gasteiger partial charge in [-0.25, -0.2) is 0 Å². The molecule has 9 atom stereocenters. The van der Waals surface area contributed by atoms with Gasteiger partial charge in [-0.3, -0.25) is 4.79 Å². The summed E-state index contributed by atoms with van der Waals surface area (Å²) in [7, 11) is 0. The Balaban J connectivity index is 2.48.